The highest BCUT2D eigenvalue weighted by Crippen LogP contribution is 2.43. The third-order valence-corrected chi connectivity index (χ3v) is 3.67. The lowest BCUT2D eigenvalue weighted by Gasteiger charge is -2.37. The first kappa shape index (κ1) is 11.0. The third-order valence-electron chi connectivity index (χ3n) is 3.67. The highest BCUT2D eigenvalue weighted by atomic mass is 19.4. The summed E-state index contributed by atoms with van der Waals surface area (Å²) >= 11 is 0. The van der Waals surface area contributed by atoms with Gasteiger partial charge in [0.2, 0.25) is 0 Å². The van der Waals surface area contributed by atoms with Gasteiger partial charge in [0.1, 0.15) is 0 Å². The number of hydrogen-bond acceptors (Lipinski definition) is 1. The molecule has 86 valence electrons. The Bertz CT molecular complexity index is 269. The predicted molar refractivity (Wildman–Crippen MR) is 53.0 cm³/mol. The average Bonchev–Trinajstić information content (AvgIpc) is 2.15. The standard InChI is InChI=1S/C11H16F3N/c1-7-2-3-8-6-9(11(12,13)14)4-5-10(8)15-7/h8-10H,2-6H2,1H3. The normalized spacial score (nSPS) is 37.1. The second-order valence-electron chi connectivity index (χ2n) is 4.78. The number of aliphatic imine (C=N–C) groups is 1. The van der Waals surface area contributed by atoms with Crippen molar-refractivity contribution in [1.82, 2.24) is 0 Å². The molecule has 0 aromatic carbocycles. The van der Waals surface area contributed by atoms with Gasteiger partial charge >= 0.3 is 6.18 Å². The SMILES string of the molecule is CC1=NC2CCC(C(F)(F)F)CC2CC1. The van der Waals surface area contributed by atoms with E-state index in [1.807, 2.05) is 6.92 Å². The molecule has 1 fully saturated rings. The van der Waals surface area contributed by atoms with Crippen LogP contribution in [0.15, 0.2) is 4.99 Å². The van der Waals surface area contributed by atoms with Crippen molar-refractivity contribution >= 4 is 5.71 Å². The van der Waals surface area contributed by atoms with Crippen LogP contribution in [0, 0.1) is 11.8 Å². The maximum atomic E-state index is 12.5. The van der Waals surface area contributed by atoms with Crippen molar-refractivity contribution in [2.45, 2.75) is 51.2 Å². The van der Waals surface area contributed by atoms with Gasteiger partial charge in [-0.25, -0.2) is 0 Å². The first-order valence-electron chi connectivity index (χ1n) is 5.57. The van der Waals surface area contributed by atoms with E-state index in [1.54, 1.807) is 0 Å². The number of fused-ring (bicyclic) bond motifs is 1. The Hall–Kier alpha value is -0.540. The summed E-state index contributed by atoms with van der Waals surface area (Å²) in [5.41, 5.74) is 1.11. The zero-order valence-corrected chi connectivity index (χ0v) is 8.85. The van der Waals surface area contributed by atoms with Gasteiger partial charge in [0.15, 0.2) is 0 Å². The molecule has 2 aliphatic rings. The van der Waals surface area contributed by atoms with Crippen molar-refractivity contribution < 1.29 is 13.2 Å². The molecular formula is C11H16F3N. The summed E-state index contributed by atoms with van der Waals surface area (Å²) in [6.45, 7) is 1.98. The number of alkyl halides is 3. The molecule has 0 saturated heterocycles. The highest BCUT2D eigenvalue weighted by molar-refractivity contribution is 5.82. The first-order chi connectivity index (χ1) is 6.97. The average molecular weight is 219 g/mol. The molecule has 0 amide bonds. The largest absolute Gasteiger partial charge is 0.391 e. The molecule has 15 heavy (non-hydrogen) atoms. The third kappa shape index (κ3) is 2.34. The summed E-state index contributed by atoms with van der Waals surface area (Å²) in [6, 6.07) is 0.178. The molecule has 3 atom stereocenters. The van der Waals surface area contributed by atoms with E-state index in [2.05, 4.69) is 4.99 Å². The lowest BCUT2D eigenvalue weighted by molar-refractivity contribution is -0.186. The summed E-state index contributed by atoms with van der Waals surface area (Å²) in [7, 11) is 0. The Morgan fingerprint density at radius 3 is 2.60 bits per heavy atom. The van der Waals surface area contributed by atoms with Crippen LogP contribution in [0.25, 0.3) is 0 Å². The summed E-state index contributed by atoms with van der Waals surface area (Å²) < 4.78 is 37.6. The van der Waals surface area contributed by atoms with Crippen molar-refractivity contribution in [3.8, 4) is 0 Å². The second kappa shape index (κ2) is 3.80. The topological polar surface area (TPSA) is 12.4 Å². The summed E-state index contributed by atoms with van der Waals surface area (Å²) in [5.74, 6) is -0.901. The fourth-order valence-electron chi connectivity index (χ4n) is 2.77. The second-order valence-corrected chi connectivity index (χ2v) is 4.78. The van der Waals surface area contributed by atoms with E-state index in [9.17, 15) is 13.2 Å². The van der Waals surface area contributed by atoms with Gasteiger partial charge in [-0.3, -0.25) is 4.99 Å². The molecule has 0 aromatic rings. The molecule has 1 saturated carbocycles. The van der Waals surface area contributed by atoms with Gasteiger partial charge in [-0.1, -0.05) is 0 Å². The van der Waals surface area contributed by atoms with Crippen LogP contribution in [0.3, 0.4) is 0 Å². The molecule has 0 aromatic heterocycles. The summed E-state index contributed by atoms with van der Waals surface area (Å²) in [6.07, 6.45) is -1.04. The molecule has 0 spiro atoms. The summed E-state index contributed by atoms with van der Waals surface area (Å²) in [5, 5.41) is 0. The molecular weight excluding hydrogens is 203 g/mol. The van der Waals surface area contributed by atoms with Crippen LogP contribution in [0.5, 0.6) is 0 Å². The molecule has 1 heterocycles. The van der Waals surface area contributed by atoms with Gasteiger partial charge in [0.05, 0.1) is 12.0 Å². The molecule has 1 aliphatic heterocycles. The van der Waals surface area contributed by atoms with Crippen LogP contribution in [-0.4, -0.2) is 17.9 Å². The summed E-state index contributed by atoms with van der Waals surface area (Å²) in [4.78, 5) is 4.47. The van der Waals surface area contributed by atoms with Crippen LogP contribution in [0.4, 0.5) is 13.2 Å². The molecule has 0 bridgehead atoms. The van der Waals surface area contributed by atoms with Crippen LogP contribution in [0.1, 0.15) is 39.0 Å². The number of nitrogens with zero attached hydrogens (tertiary/aromatic N) is 1. The minimum atomic E-state index is -4.00. The van der Waals surface area contributed by atoms with Crippen molar-refractivity contribution in [3.05, 3.63) is 0 Å². The van der Waals surface area contributed by atoms with Crippen LogP contribution >= 0.6 is 0 Å². The molecule has 4 heteroatoms. The fraction of sp³-hybridized carbons (Fsp3) is 0.909. The highest BCUT2D eigenvalue weighted by Gasteiger charge is 2.45. The minimum absolute atomic E-state index is 0.175. The Balaban J connectivity index is 2.03. The quantitative estimate of drug-likeness (QED) is 0.590. The number of halogens is 3. The van der Waals surface area contributed by atoms with E-state index < -0.39 is 12.1 Å². The van der Waals surface area contributed by atoms with E-state index in [4.69, 9.17) is 0 Å². The van der Waals surface area contributed by atoms with E-state index in [0.717, 1.165) is 18.6 Å². The molecule has 0 radical (unpaired) electrons. The Morgan fingerprint density at radius 2 is 1.93 bits per heavy atom. The van der Waals surface area contributed by atoms with Crippen LogP contribution in [0.2, 0.25) is 0 Å². The molecule has 3 unspecified atom stereocenters. The predicted octanol–water partition coefficient (Wildman–Crippen LogP) is 3.59. The maximum absolute atomic E-state index is 12.5. The monoisotopic (exact) mass is 219 g/mol. The van der Waals surface area contributed by atoms with Gasteiger partial charge in [-0.05, 0) is 44.9 Å². The first-order valence-corrected chi connectivity index (χ1v) is 5.57. The van der Waals surface area contributed by atoms with Crippen molar-refractivity contribution in [2.24, 2.45) is 16.8 Å². The van der Waals surface area contributed by atoms with E-state index in [-0.39, 0.29) is 18.4 Å². The number of hydrogen-bond donors (Lipinski definition) is 0. The van der Waals surface area contributed by atoms with Gasteiger partial charge in [0, 0.05) is 5.71 Å². The van der Waals surface area contributed by atoms with Gasteiger partial charge < -0.3 is 0 Å². The van der Waals surface area contributed by atoms with E-state index in [1.165, 1.54) is 0 Å². The molecule has 1 nitrogen and oxygen atoms in total. The molecule has 2 rings (SSSR count). The molecule has 1 aliphatic carbocycles. The van der Waals surface area contributed by atoms with Crippen molar-refractivity contribution in [1.29, 1.82) is 0 Å². The van der Waals surface area contributed by atoms with Crippen LogP contribution in [-0.2, 0) is 0 Å². The Morgan fingerprint density at radius 1 is 1.20 bits per heavy atom. The zero-order valence-electron chi connectivity index (χ0n) is 8.85. The fourth-order valence-corrected chi connectivity index (χ4v) is 2.77. The zero-order chi connectivity index (χ0) is 11.1. The van der Waals surface area contributed by atoms with Crippen molar-refractivity contribution in [3.63, 3.8) is 0 Å². The Labute approximate surface area is 87.8 Å². The Kier molecular flexibility index (Phi) is 2.77. The van der Waals surface area contributed by atoms with Gasteiger partial charge in [0.25, 0.3) is 0 Å². The lowest BCUT2D eigenvalue weighted by Crippen LogP contribution is -2.37. The van der Waals surface area contributed by atoms with Crippen LogP contribution < -0.4 is 0 Å². The maximum Gasteiger partial charge on any atom is 0.391 e. The lowest BCUT2D eigenvalue weighted by atomic mass is 9.74. The van der Waals surface area contributed by atoms with E-state index in [0.29, 0.717) is 12.8 Å². The van der Waals surface area contributed by atoms with Crippen molar-refractivity contribution in [2.75, 3.05) is 0 Å². The minimum Gasteiger partial charge on any atom is -0.291 e. The van der Waals surface area contributed by atoms with Gasteiger partial charge in [-0.15, -0.1) is 0 Å². The molecule has 0 N–H and O–H groups in total. The smallest absolute Gasteiger partial charge is 0.291 e. The number of rotatable bonds is 0. The van der Waals surface area contributed by atoms with Gasteiger partial charge in [-0.2, -0.15) is 13.2 Å². The van der Waals surface area contributed by atoms with E-state index >= 15 is 0 Å².